The van der Waals surface area contributed by atoms with E-state index in [1.165, 1.54) is 0 Å². The van der Waals surface area contributed by atoms with Crippen molar-refractivity contribution < 1.29 is 14.0 Å². The number of ether oxygens (including phenoxy) is 1. The molecule has 3 aromatic carbocycles. The van der Waals surface area contributed by atoms with E-state index in [-0.39, 0.29) is 11.2 Å². The van der Waals surface area contributed by atoms with Crippen molar-refractivity contribution in [2.45, 2.75) is 39.3 Å². The second kappa shape index (κ2) is 6.49. The molecule has 1 aliphatic carbocycles. The Labute approximate surface area is 168 Å². The Kier molecular flexibility index (Phi) is 4.34. The maximum Gasteiger partial charge on any atom is 0.274 e. The average molecular weight is 390 g/mol. The van der Waals surface area contributed by atoms with Crippen LogP contribution in [-0.2, 0) is 5.41 Å². The number of carbonyl (C=O) groups is 1. The fourth-order valence-corrected chi connectivity index (χ4v) is 4.63. The van der Waals surface area contributed by atoms with Gasteiger partial charge in [-0.3, -0.25) is 4.79 Å². The van der Waals surface area contributed by atoms with Crippen molar-refractivity contribution >= 4 is 25.6 Å². The van der Waals surface area contributed by atoms with Crippen LogP contribution >= 0.6 is 0 Å². The van der Waals surface area contributed by atoms with Crippen molar-refractivity contribution in [1.82, 2.24) is 0 Å². The van der Waals surface area contributed by atoms with Crippen LogP contribution in [0.15, 0.2) is 42.5 Å². The first-order valence-corrected chi connectivity index (χ1v) is 11.9. The highest BCUT2D eigenvalue weighted by molar-refractivity contribution is 6.49. The Morgan fingerprint density at radius 2 is 1.61 bits per heavy atom. The lowest BCUT2D eigenvalue weighted by molar-refractivity contribution is 0.104. The molecular weight excluding hydrogens is 364 g/mol. The number of hydrogen-bond donors (Lipinski definition) is 0. The van der Waals surface area contributed by atoms with Gasteiger partial charge in [0, 0.05) is 28.1 Å². The van der Waals surface area contributed by atoms with Crippen molar-refractivity contribution in [2.24, 2.45) is 0 Å². The molecule has 3 nitrogen and oxygen atoms in total. The highest BCUT2D eigenvalue weighted by Crippen LogP contribution is 2.49. The average Bonchev–Trinajstić information content (AvgIpc) is 2.92. The van der Waals surface area contributed by atoms with Crippen molar-refractivity contribution in [3.63, 3.8) is 0 Å². The smallest absolute Gasteiger partial charge is 0.274 e. The predicted octanol–water partition coefficient (Wildman–Crippen LogP) is 5.99. The Balaban J connectivity index is 2.21. The highest BCUT2D eigenvalue weighted by Gasteiger charge is 2.33. The normalized spacial score (nSPS) is 13.0. The largest absolute Gasteiger partial charge is 0.542 e. The summed E-state index contributed by atoms with van der Waals surface area (Å²) in [6.07, 6.45) is 0. The summed E-state index contributed by atoms with van der Waals surface area (Å²) in [5.74, 6) is 1.67. The van der Waals surface area contributed by atoms with E-state index in [0.29, 0.717) is 0 Å². The summed E-state index contributed by atoms with van der Waals surface area (Å²) in [7, 11) is 0.681. The molecule has 0 fully saturated rings. The van der Waals surface area contributed by atoms with Gasteiger partial charge in [-0.1, -0.05) is 45.0 Å². The molecular formula is C24H25O3Si. The van der Waals surface area contributed by atoms with Crippen LogP contribution < -0.4 is 9.16 Å². The van der Waals surface area contributed by atoms with E-state index in [9.17, 15) is 4.79 Å². The van der Waals surface area contributed by atoms with E-state index in [2.05, 4.69) is 46.0 Å². The first kappa shape index (κ1) is 18.8. The standard InChI is InChI=1S/C24H25O3Si/c1-24(2,3)19-13-18-21(15-9-7-8-10-16(15)23(18)25)22-17(19)11-14(26-4)12-20(22)27-28(5)6/h7-13H,1-6H3. The summed E-state index contributed by atoms with van der Waals surface area (Å²) >= 11 is 0. The van der Waals surface area contributed by atoms with E-state index in [1.54, 1.807) is 7.11 Å². The number of fused-ring (bicyclic) bond motifs is 5. The Hall–Kier alpha value is -2.59. The first-order chi connectivity index (χ1) is 13.2. The maximum absolute atomic E-state index is 13.2. The third-order valence-corrected chi connectivity index (χ3v) is 5.85. The second-order valence-corrected chi connectivity index (χ2v) is 10.6. The summed E-state index contributed by atoms with van der Waals surface area (Å²) in [5, 5.41) is 2.11. The zero-order valence-corrected chi connectivity index (χ0v) is 18.3. The number of methoxy groups -OCH3 is 1. The minimum Gasteiger partial charge on any atom is -0.542 e. The molecule has 0 heterocycles. The molecule has 4 heteroatoms. The highest BCUT2D eigenvalue weighted by atomic mass is 28.3. The molecule has 1 radical (unpaired) electrons. The lowest BCUT2D eigenvalue weighted by atomic mass is 9.80. The quantitative estimate of drug-likeness (QED) is 0.404. The van der Waals surface area contributed by atoms with Crippen LogP contribution in [0.1, 0.15) is 42.3 Å². The number of ketones is 1. The lowest BCUT2D eigenvalue weighted by Gasteiger charge is -2.25. The Morgan fingerprint density at radius 3 is 2.21 bits per heavy atom. The molecule has 0 atom stereocenters. The summed E-state index contributed by atoms with van der Waals surface area (Å²) in [6.45, 7) is 10.8. The third kappa shape index (κ3) is 2.83. The molecule has 0 aromatic heterocycles. The predicted molar refractivity (Wildman–Crippen MR) is 116 cm³/mol. The first-order valence-electron chi connectivity index (χ1n) is 9.53. The van der Waals surface area contributed by atoms with Crippen molar-refractivity contribution in [3.05, 3.63) is 59.2 Å². The zero-order chi connectivity index (χ0) is 20.2. The number of hydrogen-bond acceptors (Lipinski definition) is 3. The van der Waals surface area contributed by atoms with Gasteiger partial charge >= 0.3 is 0 Å². The van der Waals surface area contributed by atoms with Crippen molar-refractivity contribution in [1.29, 1.82) is 0 Å². The van der Waals surface area contributed by atoms with Gasteiger partial charge in [-0.25, -0.2) is 0 Å². The molecule has 0 saturated heterocycles. The molecule has 0 aliphatic heterocycles. The van der Waals surface area contributed by atoms with Crippen LogP contribution in [0, 0.1) is 0 Å². The molecule has 0 unspecified atom stereocenters. The van der Waals surface area contributed by atoms with Crippen molar-refractivity contribution in [2.75, 3.05) is 7.11 Å². The molecule has 0 saturated carbocycles. The zero-order valence-electron chi connectivity index (χ0n) is 17.3. The third-order valence-electron chi connectivity index (χ3n) is 5.22. The van der Waals surface area contributed by atoms with E-state index in [0.717, 1.165) is 50.1 Å². The number of benzene rings is 3. The summed E-state index contributed by atoms with van der Waals surface area (Å²) in [4.78, 5) is 13.2. The van der Waals surface area contributed by atoms with Gasteiger partial charge in [0.15, 0.2) is 5.78 Å². The van der Waals surface area contributed by atoms with Gasteiger partial charge in [0.1, 0.15) is 11.5 Å². The van der Waals surface area contributed by atoms with Gasteiger partial charge in [-0.15, -0.1) is 0 Å². The second-order valence-electron chi connectivity index (χ2n) is 8.53. The van der Waals surface area contributed by atoms with Gasteiger partial charge in [-0.2, -0.15) is 0 Å². The van der Waals surface area contributed by atoms with Crippen LogP contribution in [0.3, 0.4) is 0 Å². The van der Waals surface area contributed by atoms with Crippen LogP contribution in [-0.4, -0.2) is 21.9 Å². The number of rotatable bonds is 3. The van der Waals surface area contributed by atoms with Gasteiger partial charge in [0.25, 0.3) is 9.04 Å². The fourth-order valence-electron chi connectivity index (χ4n) is 4.03. The van der Waals surface area contributed by atoms with E-state index < -0.39 is 9.04 Å². The van der Waals surface area contributed by atoms with Gasteiger partial charge < -0.3 is 9.16 Å². The molecule has 143 valence electrons. The Morgan fingerprint density at radius 1 is 0.929 bits per heavy atom. The summed E-state index contributed by atoms with van der Waals surface area (Å²) < 4.78 is 11.9. The molecule has 0 spiro atoms. The minimum absolute atomic E-state index is 0.0956. The summed E-state index contributed by atoms with van der Waals surface area (Å²) in [5.41, 5.74) is 4.53. The summed E-state index contributed by atoms with van der Waals surface area (Å²) in [6, 6.07) is 14.0. The maximum atomic E-state index is 13.2. The topological polar surface area (TPSA) is 35.5 Å². The Bertz CT molecular complexity index is 1110. The van der Waals surface area contributed by atoms with Crippen LogP contribution in [0.4, 0.5) is 0 Å². The van der Waals surface area contributed by atoms with Crippen LogP contribution in [0.25, 0.3) is 21.9 Å². The molecule has 1 aliphatic rings. The lowest BCUT2D eigenvalue weighted by Crippen LogP contribution is -2.15. The minimum atomic E-state index is -0.997. The molecule has 0 N–H and O–H groups in total. The molecule has 4 rings (SSSR count). The SMILES string of the molecule is COc1cc(O[Si](C)C)c2c3c(cc(C(C)(C)C)c2c1)C(=O)c1ccccc1-3. The van der Waals surface area contributed by atoms with E-state index in [1.807, 2.05) is 30.3 Å². The number of carbonyl (C=O) groups excluding carboxylic acids is 1. The van der Waals surface area contributed by atoms with Crippen LogP contribution in [0.5, 0.6) is 11.5 Å². The monoisotopic (exact) mass is 389 g/mol. The van der Waals surface area contributed by atoms with Gasteiger partial charge in [0.2, 0.25) is 0 Å². The van der Waals surface area contributed by atoms with Crippen LogP contribution in [0.2, 0.25) is 13.1 Å². The molecule has 0 amide bonds. The van der Waals surface area contributed by atoms with Gasteiger partial charge in [-0.05, 0) is 47.2 Å². The molecule has 0 bridgehead atoms. The molecule has 28 heavy (non-hydrogen) atoms. The van der Waals surface area contributed by atoms with E-state index in [4.69, 9.17) is 9.16 Å². The fraction of sp³-hybridized carbons (Fsp3) is 0.292. The molecule has 3 aromatic rings. The van der Waals surface area contributed by atoms with Gasteiger partial charge in [0.05, 0.1) is 7.11 Å². The van der Waals surface area contributed by atoms with E-state index >= 15 is 0 Å². The van der Waals surface area contributed by atoms with Crippen molar-refractivity contribution in [3.8, 4) is 22.6 Å².